The molecule has 0 aliphatic carbocycles. The van der Waals surface area contributed by atoms with E-state index in [2.05, 4.69) is 20.6 Å². The molecule has 1 unspecified atom stereocenters. The SMILES string of the molecule is O=C(Nc1cc(-c2ccc3ncncc3c2)cc2c1C(c1cc(F)ccc1Cl)NC2=O)c1cc(F)cc(C(F)(F)F)c1. The molecule has 2 amide bonds. The molecule has 6 nitrogen and oxygen atoms in total. The van der Waals surface area contributed by atoms with Gasteiger partial charge in [-0.25, -0.2) is 18.7 Å². The minimum atomic E-state index is -4.90. The van der Waals surface area contributed by atoms with E-state index >= 15 is 0 Å². The predicted molar refractivity (Wildman–Crippen MR) is 145 cm³/mol. The summed E-state index contributed by atoms with van der Waals surface area (Å²) < 4.78 is 68.3. The van der Waals surface area contributed by atoms with E-state index in [1.54, 1.807) is 30.5 Å². The Balaban J connectivity index is 1.51. The van der Waals surface area contributed by atoms with E-state index in [1.165, 1.54) is 18.5 Å². The van der Waals surface area contributed by atoms with Gasteiger partial charge in [0.2, 0.25) is 0 Å². The maximum absolute atomic E-state index is 14.2. The lowest BCUT2D eigenvalue weighted by Gasteiger charge is -2.19. The molecule has 1 aromatic heterocycles. The standard InChI is InChI=1S/C30H16ClF5N4O2/c31-23-3-2-19(32)11-21(23)27-26-22(29(42)40-27)8-15(14-1-4-24-17(5-14)12-37-13-38-24)9-25(26)39-28(41)16-6-18(30(34,35)36)10-20(33)7-16/h1-13,27H,(H,39,41)(H,40,42). The lowest BCUT2D eigenvalue weighted by molar-refractivity contribution is -0.137. The molecule has 0 saturated heterocycles. The van der Waals surface area contributed by atoms with E-state index < -0.39 is 46.8 Å². The summed E-state index contributed by atoms with van der Waals surface area (Å²) in [6.07, 6.45) is -1.91. The van der Waals surface area contributed by atoms with Gasteiger partial charge < -0.3 is 10.6 Å². The first-order valence-electron chi connectivity index (χ1n) is 12.3. The Kier molecular flexibility index (Phi) is 6.61. The fraction of sp³-hybridized carbons (Fsp3) is 0.0667. The van der Waals surface area contributed by atoms with Crippen molar-refractivity contribution in [3.8, 4) is 11.1 Å². The van der Waals surface area contributed by atoms with Crippen LogP contribution in [0.5, 0.6) is 0 Å². The lowest BCUT2D eigenvalue weighted by Crippen LogP contribution is -2.21. The number of fused-ring (bicyclic) bond motifs is 2. The number of halogens is 6. The molecule has 2 heterocycles. The average Bonchev–Trinajstić information content (AvgIpc) is 3.29. The Bertz CT molecular complexity index is 1930. The third-order valence-corrected chi connectivity index (χ3v) is 7.18. The summed E-state index contributed by atoms with van der Waals surface area (Å²) in [6.45, 7) is 0. The van der Waals surface area contributed by atoms with Crippen LogP contribution in [-0.2, 0) is 6.18 Å². The summed E-state index contributed by atoms with van der Waals surface area (Å²) in [7, 11) is 0. The fourth-order valence-corrected chi connectivity index (χ4v) is 5.14. The highest BCUT2D eigenvalue weighted by atomic mass is 35.5. The summed E-state index contributed by atoms with van der Waals surface area (Å²) in [4.78, 5) is 34.6. The summed E-state index contributed by atoms with van der Waals surface area (Å²) in [5, 5.41) is 6.09. The number of hydrogen-bond acceptors (Lipinski definition) is 4. The van der Waals surface area contributed by atoms with Gasteiger partial charge in [0.15, 0.2) is 0 Å². The van der Waals surface area contributed by atoms with Crippen LogP contribution in [0.25, 0.3) is 22.0 Å². The van der Waals surface area contributed by atoms with Gasteiger partial charge in [0.05, 0.1) is 17.1 Å². The predicted octanol–water partition coefficient (Wildman–Crippen LogP) is 7.33. The highest BCUT2D eigenvalue weighted by Crippen LogP contribution is 2.42. The Morgan fingerprint density at radius 3 is 2.52 bits per heavy atom. The van der Waals surface area contributed by atoms with E-state index in [4.69, 9.17) is 11.6 Å². The normalized spacial score (nSPS) is 14.5. The van der Waals surface area contributed by atoms with Crippen molar-refractivity contribution >= 4 is 40.0 Å². The van der Waals surface area contributed by atoms with Crippen LogP contribution in [0.4, 0.5) is 27.6 Å². The second-order valence-electron chi connectivity index (χ2n) is 9.53. The van der Waals surface area contributed by atoms with E-state index in [9.17, 15) is 31.5 Å². The van der Waals surface area contributed by atoms with Crippen LogP contribution in [0, 0.1) is 11.6 Å². The van der Waals surface area contributed by atoms with Gasteiger partial charge in [-0.1, -0.05) is 17.7 Å². The number of anilines is 1. The summed E-state index contributed by atoms with van der Waals surface area (Å²) in [5.74, 6) is -3.50. The number of nitrogens with one attached hydrogen (secondary N) is 2. The molecule has 6 rings (SSSR count). The number of benzene rings is 4. The van der Waals surface area contributed by atoms with Gasteiger partial charge in [0.1, 0.15) is 18.0 Å². The van der Waals surface area contributed by atoms with E-state index in [-0.39, 0.29) is 33.5 Å². The van der Waals surface area contributed by atoms with Gasteiger partial charge >= 0.3 is 6.18 Å². The molecule has 0 fully saturated rings. The highest BCUT2D eigenvalue weighted by Gasteiger charge is 2.36. The van der Waals surface area contributed by atoms with Crippen molar-refractivity contribution < 1.29 is 31.5 Å². The number of nitrogens with zero attached hydrogens (tertiary/aromatic N) is 2. The third-order valence-electron chi connectivity index (χ3n) is 6.83. The number of rotatable bonds is 4. The smallest absolute Gasteiger partial charge is 0.341 e. The first-order chi connectivity index (χ1) is 20.0. The van der Waals surface area contributed by atoms with Gasteiger partial charge in [-0.05, 0) is 71.8 Å². The number of alkyl halides is 3. The zero-order chi connectivity index (χ0) is 29.8. The molecule has 4 aromatic carbocycles. The van der Waals surface area contributed by atoms with Crippen molar-refractivity contribution in [3.05, 3.63) is 124 Å². The largest absolute Gasteiger partial charge is 0.416 e. The van der Waals surface area contributed by atoms with Crippen molar-refractivity contribution in [2.45, 2.75) is 12.2 Å². The van der Waals surface area contributed by atoms with Crippen molar-refractivity contribution in [1.29, 1.82) is 0 Å². The number of aromatic nitrogens is 2. The molecule has 12 heteroatoms. The van der Waals surface area contributed by atoms with Crippen LogP contribution in [-0.4, -0.2) is 21.8 Å². The molecule has 0 radical (unpaired) electrons. The second kappa shape index (κ2) is 10.2. The zero-order valence-corrected chi connectivity index (χ0v) is 21.8. The van der Waals surface area contributed by atoms with Gasteiger partial charge in [0.25, 0.3) is 11.8 Å². The molecule has 0 saturated carbocycles. The monoisotopic (exact) mass is 594 g/mol. The molecule has 1 atom stereocenters. The second-order valence-corrected chi connectivity index (χ2v) is 9.94. The Labute approximate surface area is 239 Å². The van der Waals surface area contributed by atoms with Crippen LogP contribution in [0.1, 0.15) is 43.4 Å². The number of hydrogen-bond donors (Lipinski definition) is 2. The minimum absolute atomic E-state index is 0.0263. The van der Waals surface area contributed by atoms with E-state index in [1.807, 2.05) is 0 Å². The Hall–Kier alpha value is -4.90. The summed E-state index contributed by atoms with van der Waals surface area (Å²) in [6, 6.07) is 12.4. The molecule has 2 N–H and O–H groups in total. The van der Waals surface area contributed by atoms with E-state index in [0.717, 1.165) is 12.1 Å². The first-order valence-corrected chi connectivity index (χ1v) is 12.7. The van der Waals surface area contributed by atoms with Crippen LogP contribution >= 0.6 is 11.6 Å². The number of carbonyl (C=O) groups excluding carboxylic acids is 2. The minimum Gasteiger partial charge on any atom is -0.341 e. The molecular formula is C30H16ClF5N4O2. The summed E-state index contributed by atoms with van der Waals surface area (Å²) >= 11 is 6.34. The molecule has 0 bridgehead atoms. The van der Waals surface area contributed by atoms with Crippen LogP contribution in [0.15, 0.2) is 79.3 Å². The topological polar surface area (TPSA) is 84.0 Å². The number of carbonyl (C=O) groups is 2. The molecule has 1 aliphatic rings. The first kappa shape index (κ1) is 27.3. The molecule has 5 aromatic rings. The molecule has 0 spiro atoms. The van der Waals surface area contributed by atoms with Gasteiger partial charge in [-0.2, -0.15) is 13.2 Å². The Morgan fingerprint density at radius 2 is 1.74 bits per heavy atom. The molecule has 1 aliphatic heterocycles. The zero-order valence-electron chi connectivity index (χ0n) is 21.1. The third kappa shape index (κ3) is 5.03. The fourth-order valence-electron chi connectivity index (χ4n) is 4.92. The summed E-state index contributed by atoms with van der Waals surface area (Å²) in [5.41, 5.74) is 0.348. The van der Waals surface area contributed by atoms with Gasteiger partial charge in [-0.3, -0.25) is 9.59 Å². The molecule has 42 heavy (non-hydrogen) atoms. The number of amides is 2. The maximum Gasteiger partial charge on any atom is 0.416 e. The van der Waals surface area contributed by atoms with Crippen LogP contribution in [0.2, 0.25) is 5.02 Å². The molecule has 210 valence electrons. The lowest BCUT2D eigenvalue weighted by atomic mass is 9.92. The maximum atomic E-state index is 14.2. The van der Waals surface area contributed by atoms with Gasteiger partial charge in [-0.15, -0.1) is 0 Å². The van der Waals surface area contributed by atoms with Crippen LogP contribution < -0.4 is 10.6 Å². The average molecular weight is 595 g/mol. The van der Waals surface area contributed by atoms with Crippen molar-refractivity contribution in [1.82, 2.24) is 15.3 Å². The van der Waals surface area contributed by atoms with Gasteiger partial charge in [0, 0.05) is 44.5 Å². The Morgan fingerprint density at radius 1 is 0.929 bits per heavy atom. The van der Waals surface area contributed by atoms with Crippen molar-refractivity contribution in [2.24, 2.45) is 0 Å². The van der Waals surface area contributed by atoms with Crippen LogP contribution in [0.3, 0.4) is 0 Å². The molecular weight excluding hydrogens is 579 g/mol. The van der Waals surface area contributed by atoms with E-state index in [0.29, 0.717) is 34.2 Å². The highest BCUT2D eigenvalue weighted by molar-refractivity contribution is 6.31. The van der Waals surface area contributed by atoms with Crippen molar-refractivity contribution in [3.63, 3.8) is 0 Å². The van der Waals surface area contributed by atoms with Crippen molar-refractivity contribution in [2.75, 3.05) is 5.32 Å². The quantitative estimate of drug-likeness (QED) is 0.213.